The molecule has 0 saturated heterocycles. The highest BCUT2D eigenvalue weighted by Gasteiger charge is 2.05. The Bertz CT molecular complexity index is 472. The number of rotatable bonds is 4. The van der Waals surface area contributed by atoms with Gasteiger partial charge in [0.2, 0.25) is 0 Å². The molecule has 0 spiro atoms. The van der Waals surface area contributed by atoms with Crippen LogP contribution in [0.25, 0.3) is 0 Å². The second-order valence-electron chi connectivity index (χ2n) is 4.37. The number of anilines is 1. The molecule has 4 heteroatoms. The average molecular weight is 230 g/mol. The predicted octanol–water partition coefficient (Wildman–Crippen LogP) is 1.63. The third-order valence-electron chi connectivity index (χ3n) is 2.76. The number of nitrogen functional groups attached to an aromatic ring is 1. The zero-order chi connectivity index (χ0) is 12.3. The maximum atomic E-state index is 5.66. The van der Waals surface area contributed by atoms with Crippen LogP contribution in [-0.2, 0) is 20.1 Å². The Morgan fingerprint density at radius 1 is 1.24 bits per heavy atom. The van der Waals surface area contributed by atoms with Gasteiger partial charge in [0, 0.05) is 31.7 Å². The Hall–Kier alpha value is -1.81. The van der Waals surface area contributed by atoms with Crippen LogP contribution in [0.5, 0.6) is 0 Å². The number of benzene rings is 1. The highest BCUT2D eigenvalue weighted by atomic mass is 15.1. The Balaban J connectivity index is 1.95. The first-order valence-corrected chi connectivity index (χ1v) is 5.64. The van der Waals surface area contributed by atoms with Crippen molar-refractivity contribution < 1.29 is 0 Å². The highest BCUT2D eigenvalue weighted by Crippen LogP contribution is 2.09. The number of nitrogens with zero attached hydrogens (tertiary/aromatic N) is 3. The zero-order valence-electron chi connectivity index (χ0n) is 10.3. The van der Waals surface area contributed by atoms with Crippen molar-refractivity contribution in [1.82, 2.24) is 14.5 Å². The van der Waals surface area contributed by atoms with Crippen LogP contribution in [0.15, 0.2) is 36.7 Å². The van der Waals surface area contributed by atoms with Crippen molar-refractivity contribution in [2.75, 3.05) is 12.8 Å². The summed E-state index contributed by atoms with van der Waals surface area (Å²) in [4.78, 5) is 6.54. The molecule has 0 amide bonds. The normalized spacial score (nSPS) is 11.0. The number of hydrogen-bond donors (Lipinski definition) is 1. The van der Waals surface area contributed by atoms with E-state index in [0.29, 0.717) is 0 Å². The molecule has 0 radical (unpaired) electrons. The summed E-state index contributed by atoms with van der Waals surface area (Å²) in [6, 6.07) is 7.99. The van der Waals surface area contributed by atoms with Gasteiger partial charge in [0.1, 0.15) is 5.82 Å². The summed E-state index contributed by atoms with van der Waals surface area (Å²) in [7, 11) is 4.10. The van der Waals surface area contributed by atoms with Gasteiger partial charge in [0.15, 0.2) is 0 Å². The van der Waals surface area contributed by atoms with Crippen LogP contribution in [0.3, 0.4) is 0 Å². The van der Waals surface area contributed by atoms with Crippen LogP contribution in [0, 0.1) is 0 Å². The molecule has 0 aliphatic heterocycles. The maximum Gasteiger partial charge on any atom is 0.122 e. The van der Waals surface area contributed by atoms with Crippen LogP contribution >= 0.6 is 0 Å². The first-order valence-electron chi connectivity index (χ1n) is 5.64. The molecule has 90 valence electrons. The van der Waals surface area contributed by atoms with Crippen molar-refractivity contribution in [2.24, 2.45) is 7.05 Å². The Morgan fingerprint density at radius 3 is 2.53 bits per heavy atom. The zero-order valence-corrected chi connectivity index (χ0v) is 10.3. The van der Waals surface area contributed by atoms with E-state index >= 15 is 0 Å². The van der Waals surface area contributed by atoms with Gasteiger partial charge >= 0.3 is 0 Å². The smallest absolute Gasteiger partial charge is 0.122 e. The van der Waals surface area contributed by atoms with Crippen molar-refractivity contribution in [3.05, 3.63) is 48.0 Å². The number of aromatic nitrogens is 2. The van der Waals surface area contributed by atoms with Gasteiger partial charge in [0.05, 0.1) is 6.54 Å². The van der Waals surface area contributed by atoms with Gasteiger partial charge in [-0.25, -0.2) is 4.98 Å². The average Bonchev–Trinajstić information content (AvgIpc) is 2.68. The van der Waals surface area contributed by atoms with Gasteiger partial charge in [-0.3, -0.25) is 4.90 Å². The lowest BCUT2D eigenvalue weighted by molar-refractivity contribution is 0.307. The molecule has 17 heavy (non-hydrogen) atoms. The molecule has 1 heterocycles. The van der Waals surface area contributed by atoms with E-state index in [1.807, 2.05) is 36.1 Å². The summed E-state index contributed by atoms with van der Waals surface area (Å²) in [6.07, 6.45) is 3.79. The molecular weight excluding hydrogens is 212 g/mol. The summed E-state index contributed by atoms with van der Waals surface area (Å²) in [5, 5.41) is 0. The molecule has 1 aromatic carbocycles. The number of nitrogens with two attached hydrogens (primary N) is 1. The molecule has 0 unspecified atom stereocenters. The molecule has 0 saturated carbocycles. The van der Waals surface area contributed by atoms with E-state index in [2.05, 4.69) is 29.1 Å². The van der Waals surface area contributed by atoms with Gasteiger partial charge in [-0.2, -0.15) is 0 Å². The van der Waals surface area contributed by atoms with Crippen molar-refractivity contribution >= 4 is 5.69 Å². The molecule has 0 bridgehead atoms. The Morgan fingerprint density at radius 2 is 1.94 bits per heavy atom. The van der Waals surface area contributed by atoms with Gasteiger partial charge in [-0.05, 0) is 24.7 Å². The molecular formula is C13H18N4. The van der Waals surface area contributed by atoms with E-state index in [1.165, 1.54) is 5.56 Å². The van der Waals surface area contributed by atoms with Gasteiger partial charge in [0.25, 0.3) is 0 Å². The van der Waals surface area contributed by atoms with Crippen LogP contribution in [0.2, 0.25) is 0 Å². The fourth-order valence-electron chi connectivity index (χ4n) is 1.78. The summed E-state index contributed by atoms with van der Waals surface area (Å²) < 4.78 is 2.04. The van der Waals surface area contributed by atoms with Crippen molar-refractivity contribution in [3.63, 3.8) is 0 Å². The lowest BCUT2D eigenvalue weighted by atomic mass is 10.2. The van der Waals surface area contributed by atoms with E-state index in [1.54, 1.807) is 0 Å². The Labute approximate surface area is 102 Å². The van der Waals surface area contributed by atoms with Crippen LogP contribution in [-0.4, -0.2) is 21.5 Å². The maximum absolute atomic E-state index is 5.66. The molecule has 1 aromatic heterocycles. The molecule has 2 aromatic rings. The molecule has 0 atom stereocenters. The fourth-order valence-corrected chi connectivity index (χ4v) is 1.78. The standard InChI is InChI=1S/C13H18N4/c1-16(10-13-15-7-8-17(13)2)9-11-3-5-12(14)6-4-11/h3-8H,9-10,14H2,1-2H3. The van der Waals surface area contributed by atoms with Gasteiger partial charge < -0.3 is 10.3 Å². The molecule has 2 N–H and O–H groups in total. The van der Waals surface area contributed by atoms with E-state index in [4.69, 9.17) is 5.73 Å². The van der Waals surface area contributed by atoms with E-state index < -0.39 is 0 Å². The van der Waals surface area contributed by atoms with Crippen molar-refractivity contribution in [3.8, 4) is 0 Å². The van der Waals surface area contributed by atoms with Crippen LogP contribution < -0.4 is 5.73 Å². The second kappa shape index (κ2) is 5.01. The number of hydrogen-bond acceptors (Lipinski definition) is 3. The second-order valence-corrected chi connectivity index (χ2v) is 4.37. The quantitative estimate of drug-likeness (QED) is 0.812. The minimum Gasteiger partial charge on any atom is -0.399 e. The van der Waals surface area contributed by atoms with Gasteiger partial charge in [-0.15, -0.1) is 0 Å². The van der Waals surface area contributed by atoms with Crippen LogP contribution in [0.4, 0.5) is 5.69 Å². The van der Waals surface area contributed by atoms with E-state index in [-0.39, 0.29) is 0 Å². The fraction of sp³-hybridized carbons (Fsp3) is 0.308. The van der Waals surface area contributed by atoms with Crippen LogP contribution in [0.1, 0.15) is 11.4 Å². The first-order chi connectivity index (χ1) is 8.15. The first kappa shape index (κ1) is 11.7. The predicted molar refractivity (Wildman–Crippen MR) is 69.2 cm³/mol. The minimum absolute atomic E-state index is 0.806. The Kier molecular flexibility index (Phi) is 3.44. The highest BCUT2D eigenvalue weighted by molar-refractivity contribution is 5.39. The molecule has 0 aliphatic carbocycles. The van der Waals surface area contributed by atoms with Crippen molar-refractivity contribution in [1.29, 1.82) is 0 Å². The third kappa shape index (κ3) is 3.07. The summed E-state index contributed by atoms with van der Waals surface area (Å²) in [5.74, 6) is 1.07. The number of aryl methyl sites for hydroxylation is 1. The summed E-state index contributed by atoms with van der Waals surface area (Å²) in [5.41, 5.74) is 7.73. The molecule has 2 rings (SSSR count). The largest absolute Gasteiger partial charge is 0.399 e. The topological polar surface area (TPSA) is 47.1 Å². The van der Waals surface area contributed by atoms with E-state index in [9.17, 15) is 0 Å². The third-order valence-corrected chi connectivity index (χ3v) is 2.76. The monoisotopic (exact) mass is 230 g/mol. The molecule has 0 fully saturated rings. The molecule has 4 nitrogen and oxygen atoms in total. The summed E-state index contributed by atoms with van der Waals surface area (Å²) in [6.45, 7) is 1.74. The van der Waals surface area contributed by atoms with E-state index in [0.717, 1.165) is 24.6 Å². The lowest BCUT2D eigenvalue weighted by Gasteiger charge is -2.16. The molecule has 0 aliphatic rings. The minimum atomic E-state index is 0.806. The van der Waals surface area contributed by atoms with Crippen molar-refractivity contribution in [2.45, 2.75) is 13.1 Å². The SMILES string of the molecule is CN(Cc1ccc(N)cc1)Cc1nccn1C. The number of imidazole rings is 1. The summed E-state index contributed by atoms with van der Waals surface area (Å²) >= 11 is 0. The lowest BCUT2D eigenvalue weighted by Crippen LogP contribution is -2.19. The van der Waals surface area contributed by atoms with Gasteiger partial charge in [-0.1, -0.05) is 12.1 Å².